The summed E-state index contributed by atoms with van der Waals surface area (Å²) in [7, 11) is 0. The fourth-order valence-electron chi connectivity index (χ4n) is 4.40. The maximum absolute atomic E-state index is 3.99. The lowest BCUT2D eigenvalue weighted by atomic mass is 9.78. The third-order valence-corrected chi connectivity index (χ3v) is 4.79. The Morgan fingerprint density at radius 3 is 2.67 bits per heavy atom. The highest BCUT2D eigenvalue weighted by Gasteiger charge is 2.52. The highest BCUT2D eigenvalue weighted by molar-refractivity contribution is 5.06. The molecule has 0 nitrogen and oxygen atoms in total. The zero-order chi connectivity index (χ0) is 8.13. The summed E-state index contributed by atoms with van der Waals surface area (Å²) in [4.78, 5) is 0. The second-order valence-electron chi connectivity index (χ2n) is 5.05. The molecule has 3 aliphatic rings. The van der Waals surface area contributed by atoms with E-state index in [4.69, 9.17) is 0 Å². The van der Waals surface area contributed by atoms with Crippen LogP contribution in [0.1, 0.15) is 32.1 Å². The van der Waals surface area contributed by atoms with E-state index in [0.717, 1.165) is 29.6 Å². The van der Waals surface area contributed by atoms with Gasteiger partial charge in [0.2, 0.25) is 0 Å². The SMILES string of the molecule is C=CC1CCC2C3CCC(C3)C12. The minimum absolute atomic E-state index is 0.894. The zero-order valence-electron chi connectivity index (χ0n) is 7.71. The van der Waals surface area contributed by atoms with Gasteiger partial charge in [0.25, 0.3) is 0 Å². The van der Waals surface area contributed by atoms with Gasteiger partial charge in [0, 0.05) is 0 Å². The van der Waals surface area contributed by atoms with Crippen molar-refractivity contribution in [2.24, 2.45) is 29.6 Å². The van der Waals surface area contributed by atoms with Gasteiger partial charge in [-0.25, -0.2) is 0 Å². The van der Waals surface area contributed by atoms with Gasteiger partial charge in [0.05, 0.1) is 0 Å². The van der Waals surface area contributed by atoms with E-state index in [9.17, 15) is 0 Å². The van der Waals surface area contributed by atoms with E-state index in [0.29, 0.717) is 0 Å². The Morgan fingerprint density at radius 2 is 1.83 bits per heavy atom. The fraction of sp³-hybridized carbons (Fsp3) is 0.833. The molecule has 3 saturated carbocycles. The van der Waals surface area contributed by atoms with Gasteiger partial charge in [0.1, 0.15) is 0 Å². The molecule has 12 heavy (non-hydrogen) atoms. The van der Waals surface area contributed by atoms with Crippen molar-refractivity contribution in [1.29, 1.82) is 0 Å². The average Bonchev–Trinajstić information content (AvgIpc) is 2.76. The number of hydrogen-bond donors (Lipinski definition) is 0. The Kier molecular flexibility index (Phi) is 1.42. The van der Waals surface area contributed by atoms with Gasteiger partial charge in [-0.1, -0.05) is 6.08 Å². The van der Waals surface area contributed by atoms with Crippen molar-refractivity contribution >= 4 is 0 Å². The summed E-state index contributed by atoms with van der Waals surface area (Å²) in [5.74, 6) is 5.31. The van der Waals surface area contributed by atoms with Crippen LogP contribution in [0.2, 0.25) is 0 Å². The van der Waals surface area contributed by atoms with Gasteiger partial charge < -0.3 is 0 Å². The molecule has 0 heteroatoms. The third-order valence-electron chi connectivity index (χ3n) is 4.79. The van der Waals surface area contributed by atoms with Crippen molar-refractivity contribution in [3.8, 4) is 0 Å². The molecule has 0 aromatic carbocycles. The van der Waals surface area contributed by atoms with Crippen LogP contribution in [-0.4, -0.2) is 0 Å². The standard InChI is InChI=1S/C12H18/c1-2-8-5-6-11-9-3-4-10(7-9)12(8)11/h2,8-12H,1,3-7H2. The Bertz CT molecular complexity index is 206. The lowest BCUT2D eigenvalue weighted by Gasteiger charge is -2.27. The highest BCUT2D eigenvalue weighted by atomic mass is 14.6. The first-order valence-corrected chi connectivity index (χ1v) is 5.52. The first-order chi connectivity index (χ1) is 5.90. The van der Waals surface area contributed by atoms with Crippen LogP contribution in [0.3, 0.4) is 0 Å². The Labute approximate surface area is 75.0 Å². The molecule has 3 fully saturated rings. The summed E-state index contributed by atoms with van der Waals surface area (Å²) in [6.45, 7) is 3.99. The Morgan fingerprint density at radius 1 is 1.00 bits per heavy atom. The molecule has 3 rings (SSSR count). The molecule has 0 aromatic heterocycles. The smallest absolute Gasteiger partial charge is 0.0202 e. The molecule has 0 radical (unpaired) electrons. The first kappa shape index (κ1) is 7.17. The van der Waals surface area contributed by atoms with Crippen molar-refractivity contribution in [3.63, 3.8) is 0 Å². The minimum Gasteiger partial charge on any atom is -0.103 e. The largest absolute Gasteiger partial charge is 0.103 e. The monoisotopic (exact) mass is 162 g/mol. The van der Waals surface area contributed by atoms with Crippen LogP contribution in [0.5, 0.6) is 0 Å². The lowest BCUT2D eigenvalue weighted by Crippen LogP contribution is -2.20. The van der Waals surface area contributed by atoms with E-state index in [1.807, 2.05) is 0 Å². The molecule has 5 unspecified atom stereocenters. The van der Waals surface area contributed by atoms with Crippen molar-refractivity contribution in [2.75, 3.05) is 0 Å². The second-order valence-corrected chi connectivity index (χ2v) is 5.05. The first-order valence-electron chi connectivity index (χ1n) is 5.52. The molecule has 0 saturated heterocycles. The van der Waals surface area contributed by atoms with Crippen LogP contribution >= 0.6 is 0 Å². The molecule has 0 heterocycles. The molecule has 0 spiro atoms. The van der Waals surface area contributed by atoms with Crippen LogP contribution in [0.15, 0.2) is 12.7 Å². The highest BCUT2D eigenvalue weighted by Crippen LogP contribution is 2.60. The van der Waals surface area contributed by atoms with E-state index in [1.54, 1.807) is 12.8 Å². The molecule has 3 aliphatic carbocycles. The molecule has 0 aromatic rings. The minimum atomic E-state index is 0.894. The summed E-state index contributed by atoms with van der Waals surface area (Å²) < 4.78 is 0. The van der Waals surface area contributed by atoms with Crippen LogP contribution in [0, 0.1) is 29.6 Å². The van der Waals surface area contributed by atoms with Gasteiger partial charge >= 0.3 is 0 Å². The van der Waals surface area contributed by atoms with E-state index in [-0.39, 0.29) is 0 Å². The quantitative estimate of drug-likeness (QED) is 0.519. The van der Waals surface area contributed by atoms with Crippen molar-refractivity contribution in [3.05, 3.63) is 12.7 Å². The van der Waals surface area contributed by atoms with Gasteiger partial charge in [0.15, 0.2) is 0 Å². The zero-order valence-corrected chi connectivity index (χ0v) is 7.71. The molecule has 66 valence electrons. The fourth-order valence-corrected chi connectivity index (χ4v) is 4.40. The Hall–Kier alpha value is -0.260. The van der Waals surface area contributed by atoms with E-state index in [1.165, 1.54) is 19.3 Å². The van der Waals surface area contributed by atoms with Gasteiger partial charge in [-0.15, -0.1) is 6.58 Å². The molecule has 2 bridgehead atoms. The molecule has 0 N–H and O–H groups in total. The second kappa shape index (κ2) is 2.37. The lowest BCUT2D eigenvalue weighted by molar-refractivity contribution is 0.233. The molecule has 0 aliphatic heterocycles. The number of allylic oxidation sites excluding steroid dienone is 1. The van der Waals surface area contributed by atoms with Gasteiger partial charge in [-0.05, 0) is 61.7 Å². The number of rotatable bonds is 1. The van der Waals surface area contributed by atoms with Gasteiger partial charge in [-0.2, -0.15) is 0 Å². The average molecular weight is 162 g/mol. The predicted octanol–water partition coefficient (Wildman–Crippen LogP) is 3.24. The maximum atomic E-state index is 3.99. The normalized spacial score (nSPS) is 55.8. The summed E-state index contributed by atoms with van der Waals surface area (Å²) in [6.07, 6.45) is 9.87. The predicted molar refractivity (Wildman–Crippen MR) is 50.7 cm³/mol. The van der Waals surface area contributed by atoms with Gasteiger partial charge in [-0.3, -0.25) is 0 Å². The molecular weight excluding hydrogens is 144 g/mol. The molecular formula is C12H18. The van der Waals surface area contributed by atoms with Crippen LogP contribution < -0.4 is 0 Å². The van der Waals surface area contributed by atoms with Crippen molar-refractivity contribution < 1.29 is 0 Å². The Balaban J connectivity index is 1.89. The summed E-state index contributed by atoms with van der Waals surface area (Å²) in [5, 5.41) is 0. The van der Waals surface area contributed by atoms with E-state index >= 15 is 0 Å². The molecule has 5 atom stereocenters. The maximum Gasteiger partial charge on any atom is -0.0202 e. The summed E-state index contributed by atoms with van der Waals surface area (Å²) >= 11 is 0. The molecule has 0 amide bonds. The van der Waals surface area contributed by atoms with E-state index < -0.39 is 0 Å². The van der Waals surface area contributed by atoms with Crippen molar-refractivity contribution in [2.45, 2.75) is 32.1 Å². The van der Waals surface area contributed by atoms with E-state index in [2.05, 4.69) is 12.7 Å². The summed E-state index contributed by atoms with van der Waals surface area (Å²) in [5.41, 5.74) is 0. The number of fused-ring (bicyclic) bond motifs is 5. The van der Waals surface area contributed by atoms with Crippen LogP contribution in [0.4, 0.5) is 0 Å². The third kappa shape index (κ3) is 0.739. The topological polar surface area (TPSA) is 0 Å². The number of hydrogen-bond acceptors (Lipinski definition) is 0. The van der Waals surface area contributed by atoms with Crippen LogP contribution in [0.25, 0.3) is 0 Å². The van der Waals surface area contributed by atoms with Crippen molar-refractivity contribution in [1.82, 2.24) is 0 Å². The summed E-state index contributed by atoms with van der Waals surface area (Å²) in [6, 6.07) is 0. The van der Waals surface area contributed by atoms with Crippen LogP contribution in [-0.2, 0) is 0 Å².